The normalized spacial score (nSPS) is 18.8. The van der Waals surface area contributed by atoms with E-state index in [0.29, 0.717) is 0 Å². The number of rotatable bonds is 13. The van der Waals surface area contributed by atoms with Crippen molar-refractivity contribution in [3.63, 3.8) is 0 Å². The van der Waals surface area contributed by atoms with Gasteiger partial charge >= 0.3 is 12.4 Å². The van der Waals surface area contributed by atoms with Gasteiger partial charge in [0, 0.05) is 13.7 Å². The van der Waals surface area contributed by atoms with Crippen LogP contribution in [-0.2, 0) is 18.9 Å². The van der Waals surface area contributed by atoms with Crippen molar-refractivity contribution in [3.05, 3.63) is 0 Å². The molecule has 0 bridgehead atoms. The van der Waals surface area contributed by atoms with E-state index in [2.05, 4.69) is 4.74 Å². The Morgan fingerprint density at radius 1 is 0.778 bits per heavy atom. The Morgan fingerprint density at radius 3 is 1.67 bits per heavy atom. The van der Waals surface area contributed by atoms with Gasteiger partial charge in [-0.3, -0.25) is 0 Å². The second kappa shape index (κ2) is 10.8. The lowest BCUT2D eigenvalue weighted by atomic mass is 9.87. The van der Waals surface area contributed by atoms with E-state index >= 15 is 0 Å². The molecule has 0 aromatic rings. The van der Waals surface area contributed by atoms with Crippen LogP contribution in [0.15, 0.2) is 0 Å². The van der Waals surface area contributed by atoms with Crippen LogP contribution in [0.3, 0.4) is 0 Å². The number of alkyl halides is 6. The molecule has 0 fully saturated rings. The van der Waals surface area contributed by atoms with Crippen LogP contribution in [0.2, 0.25) is 0 Å². The molecular formula is C17H30F6O4. The molecule has 0 N–H and O–H groups in total. The van der Waals surface area contributed by atoms with Crippen LogP contribution in [0.25, 0.3) is 0 Å². The average Bonchev–Trinajstić information content (AvgIpc) is 2.56. The summed E-state index contributed by atoms with van der Waals surface area (Å²) in [4.78, 5) is 0. The summed E-state index contributed by atoms with van der Waals surface area (Å²) in [5.41, 5.74) is -4.47. The molecule has 0 saturated carbocycles. The lowest BCUT2D eigenvalue weighted by Crippen LogP contribution is -2.49. The third-order valence-corrected chi connectivity index (χ3v) is 4.92. The van der Waals surface area contributed by atoms with E-state index in [1.165, 1.54) is 13.8 Å². The highest BCUT2D eigenvalue weighted by Gasteiger charge is 2.54. The highest BCUT2D eigenvalue weighted by molar-refractivity contribution is 4.88. The Hall–Kier alpha value is -0.580. The topological polar surface area (TPSA) is 36.9 Å². The fourth-order valence-electron chi connectivity index (χ4n) is 2.16. The highest BCUT2D eigenvalue weighted by atomic mass is 19.4. The van der Waals surface area contributed by atoms with Crippen molar-refractivity contribution in [2.75, 3.05) is 40.1 Å². The quantitative estimate of drug-likeness (QED) is 0.323. The van der Waals surface area contributed by atoms with E-state index in [1.807, 2.05) is 0 Å². The van der Waals surface area contributed by atoms with Gasteiger partial charge in [0.15, 0.2) is 11.2 Å². The molecule has 3 atom stereocenters. The van der Waals surface area contributed by atoms with Crippen LogP contribution in [0.5, 0.6) is 0 Å². The largest absolute Gasteiger partial charge is 0.417 e. The van der Waals surface area contributed by atoms with E-state index in [1.54, 1.807) is 0 Å². The van der Waals surface area contributed by atoms with Crippen molar-refractivity contribution in [1.29, 1.82) is 0 Å². The molecular weight excluding hydrogens is 382 g/mol. The standard InChI is InChI=1S/C17H30F6O4/c1-6-14(3,16(18,19)20)27-12-11-26-10-9-25-8-7-13(2)15(4,24-5)17(21,22)23/h13H,6-12H2,1-5H3. The Bertz CT molecular complexity index is 415. The molecule has 164 valence electrons. The minimum Gasteiger partial charge on any atom is -0.379 e. The minimum atomic E-state index is -4.49. The Kier molecular flexibility index (Phi) is 10.6. The summed E-state index contributed by atoms with van der Waals surface area (Å²) in [6.45, 7) is 4.83. The third-order valence-electron chi connectivity index (χ3n) is 4.92. The molecule has 0 aliphatic heterocycles. The van der Waals surface area contributed by atoms with Crippen molar-refractivity contribution >= 4 is 0 Å². The van der Waals surface area contributed by atoms with Gasteiger partial charge in [0.2, 0.25) is 0 Å². The molecule has 27 heavy (non-hydrogen) atoms. The fraction of sp³-hybridized carbons (Fsp3) is 1.00. The molecule has 0 radical (unpaired) electrons. The molecule has 0 rings (SSSR count). The summed E-state index contributed by atoms with van der Waals surface area (Å²) in [6, 6.07) is 0. The number of ether oxygens (including phenoxy) is 4. The van der Waals surface area contributed by atoms with Gasteiger partial charge in [0.05, 0.1) is 26.4 Å². The molecule has 3 unspecified atom stereocenters. The monoisotopic (exact) mass is 412 g/mol. The van der Waals surface area contributed by atoms with Crippen LogP contribution in [0.1, 0.15) is 40.5 Å². The van der Waals surface area contributed by atoms with Crippen LogP contribution >= 0.6 is 0 Å². The maximum Gasteiger partial charge on any atom is 0.417 e. The Labute approximate surface area is 156 Å². The van der Waals surface area contributed by atoms with Gasteiger partial charge in [-0.15, -0.1) is 0 Å². The van der Waals surface area contributed by atoms with E-state index in [4.69, 9.17) is 14.2 Å². The van der Waals surface area contributed by atoms with Crippen LogP contribution < -0.4 is 0 Å². The first-order chi connectivity index (χ1) is 12.2. The van der Waals surface area contributed by atoms with Gasteiger partial charge in [0.25, 0.3) is 0 Å². The maximum absolute atomic E-state index is 13.0. The number of hydrogen-bond acceptors (Lipinski definition) is 4. The van der Waals surface area contributed by atoms with Crippen molar-refractivity contribution < 1.29 is 45.3 Å². The molecule has 0 aromatic heterocycles. The van der Waals surface area contributed by atoms with Crippen LogP contribution in [0, 0.1) is 5.92 Å². The van der Waals surface area contributed by atoms with Gasteiger partial charge in [0.1, 0.15) is 0 Å². The van der Waals surface area contributed by atoms with E-state index in [0.717, 1.165) is 21.0 Å². The lowest BCUT2D eigenvalue weighted by Gasteiger charge is -2.36. The zero-order valence-corrected chi connectivity index (χ0v) is 16.4. The van der Waals surface area contributed by atoms with Crippen molar-refractivity contribution in [3.8, 4) is 0 Å². The van der Waals surface area contributed by atoms with Crippen molar-refractivity contribution in [2.45, 2.75) is 64.1 Å². The van der Waals surface area contributed by atoms with Crippen LogP contribution in [0.4, 0.5) is 26.3 Å². The first-order valence-corrected chi connectivity index (χ1v) is 8.73. The molecule has 0 aliphatic carbocycles. The summed E-state index contributed by atoms with van der Waals surface area (Å²) < 4.78 is 97.3. The molecule has 0 spiro atoms. The molecule has 0 aliphatic rings. The number of methoxy groups -OCH3 is 1. The second-order valence-corrected chi connectivity index (χ2v) is 6.65. The smallest absolute Gasteiger partial charge is 0.379 e. The van der Waals surface area contributed by atoms with E-state index in [9.17, 15) is 26.3 Å². The van der Waals surface area contributed by atoms with Gasteiger partial charge in [-0.25, -0.2) is 0 Å². The lowest BCUT2D eigenvalue weighted by molar-refractivity contribution is -0.281. The Morgan fingerprint density at radius 2 is 1.26 bits per heavy atom. The summed E-state index contributed by atoms with van der Waals surface area (Å²) in [5.74, 6) is -0.814. The highest BCUT2D eigenvalue weighted by Crippen LogP contribution is 2.40. The predicted octanol–water partition coefficient (Wildman–Crippen LogP) is 4.76. The first kappa shape index (κ1) is 26.4. The summed E-state index contributed by atoms with van der Waals surface area (Å²) in [7, 11) is 1.02. The Balaban J connectivity index is 3.94. The molecule has 10 heteroatoms. The fourth-order valence-corrected chi connectivity index (χ4v) is 2.16. The molecule has 0 heterocycles. The van der Waals surface area contributed by atoms with Crippen molar-refractivity contribution in [2.24, 2.45) is 5.92 Å². The maximum atomic E-state index is 13.0. The molecule has 0 saturated heterocycles. The SMILES string of the molecule is CCC(C)(OCCOCCOCCC(C)C(C)(OC)C(F)(F)F)C(F)(F)F. The number of hydrogen-bond donors (Lipinski definition) is 0. The minimum absolute atomic E-state index is 0.0404. The van der Waals surface area contributed by atoms with Gasteiger partial charge in [-0.05, 0) is 32.6 Å². The molecule has 0 aromatic carbocycles. The first-order valence-electron chi connectivity index (χ1n) is 8.73. The summed E-state index contributed by atoms with van der Waals surface area (Å²) in [6.07, 6.45) is -9.04. The zero-order valence-electron chi connectivity index (χ0n) is 16.4. The van der Waals surface area contributed by atoms with Crippen molar-refractivity contribution in [1.82, 2.24) is 0 Å². The predicted molar refractivity (Wildman–Crippen MR) is 87.6 cm³/mol. The van der Waals surface area contributed by atoms with E-state index in [-0.39, 0.29) is 45.9 Å². The van der Waals surface area contributed by atoms with Gasteiger partial charge in [-0.2, -0.15) is 26.3 Å². The average molecular weight is 412 g/mol. The van der Waals surface area contributed by atoms with E-state index < -0.39 is 29.5 Å². The molecule has 4 nitrogen and oxygen atoms in total. The summed E-state index contributed by atoms with van der Waals surface area (Å²) in [5, 5.41) is 0. The number of halogens is 6. The molecule has 0 amide bonds. The zero-order chi connectivity index (χ0) is 21.4. The third kappa shape index (κ3) is 7.75. The van der Waals surface area contributed by atoms with Gasteiger partial charge < -0.3 is 18.9 Å². The van der Waals surface area contributed by atoms with Gasteiger partial charge in [-0.1, -0.05) is 13.8 Å². The van der Waals surface area contributed by atoms with Crippen LogP contribution in [-0.4, -0.2) is 63.7 Å². The summed E-state index contributed by atoms with van der Waals surface area (Å²) >= 11 is 0. The second-order valence-electron chi connectivity index (χ2n) is 6.65.